The monoisotopic (exact) mass is 442 g/mol. The second-order valence-electron chi connectivity index (χ2n) is 8.32. The van der Waals surface area contributed by atoms with Crippen LogP contribution in [-0.4, -0.2) is 51.7 Å². The molecule has 2 fully saturated rings. The van der Waals surface area contributed by atoms with E-state index >= 15 is 0 Å². The molecule has 5 nitrogen and oxygen atoms in total. The Bertz CT molecular complexity index is 1080. The number of piperazine rings is 1. The molecule has 1 aliphatic heterocycles. The number of ether oxygens (including phenoxy) is 1. The highest BCUT2D eigenvalue weighted by atomic mass is 35.5. The van der Waals surface area contributed by atoms with Crippen molar-refractivity contribution in [3.05, 3.63) is 47.2 Å². The number of pyridine rings is 1. The lowest BCUT2D eigenvalue weighted by Crippen LogP contribution is -2.49. The quantitative estimate of drug-likeness (QED) is 0.501. The molecule has 0 amide bonds. The minimum absolute atomic E-state index is 0.556. The fourth-order valence-corrected chi connectivity index (χ4v) is 5.51. The van der Waals surface area contributed by atoms with E-state index in [1.54, 1.807) is 7.11 Å². The van der Waals surface area contributed by atoms with Gasteiger partial charge in [-0.3, -0.25) is 0 Å². The SMILES string of the molecule is COc1cc(C)c(-c2cn3ccc(N4CCN(SC5CC5)C(C)C4)cc3n2)cc1Cl. The van der Waals surface area contributed by atoms with Gasteiger partial charge in [-0.2, -0.15) is 0 Å². The summed E-state index contributed by atoms with van der Waals surface area (Å²) in [6.45, 7) is 7.61. The molecule has 3 aromatic rings. The van der Waals surface area contributed by atoms with Gasteiger partial charge in [0, 0.05) is 60.6 Å². The fourth-order valence-electron chi connectivity index (χ4n) is 4.08. The zero-order valence-corrected chi connectivity index (χ0v) is 19.2. The number of aromatic nitrogens is 2. The van der Waals surface area contributed by atoms with Crippen molar-refractivity contribution in [2.75, 3.05) is 31.6 Å². The summed E-state index contributed by atoms with van der Waals surface area (Å²) in [5.74, 6) is 0.692. The average Bonchev–Trinajstić information content (AvgIpc) is 3.46. The third kappa shape index (κ3) is 3.88. The normalized spacial score (nSPS) is 20.1. The maximum absolute atomic E-state index is 6.37. The maximum atomic E-state index is 6.37. The second-order valence-corrected chi connectivity index (χ2v) is 10.1. The van der Waals surface area contributed by atoms with Crippen LogP contribution in [0.15, 0.2) is 36.7 Å². The van der Waals surface area contributed by atoms with Gasteiger partial charge >= 0.3 is 0 Å². The predicted octanol–water partition coefficient (Wildman–Crippen LogP) is 5.29. The first-order chi connectivity index (χ1) is 14.5. The van der Waals surface area contributed by atoms with Crippen molar-refractivity contribution >= 4 is 34.9 Å². The van der Waals surface area contributed by atoms with Crippen LogP contribution < -0.4 is 9.64 Å². The van der Waals surface area contributed by atoms with Gasteiger partial charge < -0.3 is 14.0 Å². The van der Waals surface area contributed by atoms with Crippen molar-refractivity contribution in [1.82, 2.24) is 13.7 Å². The Morgan fingerprint density at radius 3 is 2.77 bits per heavy atom. The number of fused-ring (bicyclic) bond motifs is 1. The van der Waals surface area contributed by atoms with Crippen LogP contribution >= 0.6 is 23.5 Å². The number of imidazole rings is 1. The smallest absolute Gasteiger partial charge is 0.139 e. The van der Waals surface area contributed by atoms with Crippen LogP contribution in [0.3, 0.4) is 0 Å². The summed E-state index contributed by atoms with van der Waals surface area (Å²) in [6, 6.07) is 8.85. The van der Waals surface area contributed by atoms with Crippen molar-refractivity contribution in [3.8, 4) is 17.0 Å². The minimum Gasteiger partial charge on any atom is -0.495 e. The van der Waals surface area contributed by atoms with Gasteiger partial charge in [0.15, 0.2) is 0 Å². The van der Waals surface area contributed by atoms with E-state index in [0.717, 1.165) is 47.4 Å². The Kier molecular flexibility index (Phi) is 5.33. The van der Waals surface area contributed by atoms with Gasteiger partial charge in [-0.1, -0.05) is 23.5 Å². The summed E-state index contributed by atoms with van der Waals surface area (Å²) in [6.07, 6.45) is 6.94. The van der Waals surface area contributed by atoms with E-state index < -0.39 is 0 Å². The topological polar surface area (TPSA) is 33.0 Å². The number of hydrogen-bond donors (Lipinski definition) is 0. The first kappa shape index (κ1) is 20.0. The molecule has 1 unspecified atom stereocenters. The zero-order chi connectivity index (χ0) is 20.8. The Morgan fingerprint density at radius 1 is 1.20 bits per heavy atom. The number of hydrogen-bond acceptors (Lipinski definition) is 5. The van der Waals surface area contributed by atoms with Crippen LogP contribution in [0.5, 0.6) is 5.75 Å². The molecule has 0 radical (unpaired) electrons. The minimum atomic E-state index is 0.556. The van der Waals surface area contributed by atoms with Crippen LogP contribution in [0.1, 0.15) is 25.3 Å². The lowest BCUT2D eigenvalue weighted by Gasteiger charge is -2.40. The first-order valence-electron chi connectivity index (χ1n) is 10.5. The molecule has 7 heteroatoms. The lowest BCUT2D eigenvalue weighted by atomic mass is 10.1. The highest BCUT2D eigenvalue weighted by Gasteiger charge is 2.31. The van der Waals surface area contributed by atoms with Crippen molar-refractivity contribution in [2.24, 2.45) is 0 Å². The van der Waals surface area contributed by atoms with Crippen LogP contribution in [0.25, 0.3) is 16.9 Å². The molecule has 1 aromatic carbocycles. The van der Waals surface area contributed by atoms with Crippen molar-refractivity contribution in [2.45, 2.75) is 38.0 Å². The number of halogens is 1. The maximum Gasteiger partial charge on any atom is 0.139 e. The molecule has 0 N–H and O–H groups in total. The summed E-state index contributed by atoms with van der Waals surface area (Å²) in [5, 5.41) is 1.47. The van der Waals surface area contributed by atoms with Crippen molar-refractivity contribution in [1.29, 1.82) is 0 Å². The van der Waals surface area contributed by atoms with Gasteiger partial charge in [0.2, 0.25) is 0 Å². The van der Waals surface area contributed by atoms with Crippen LogP contribution in [-0.2, 0) is 0 Å². The molecule has 5 rings (SSSR count). The molecule has 2 aliphatic rings. The number of methoxy groups -OCH3 is 1. The highest BCUT2D eigenvalue weighted by Crippen LogP contribution is 2.38. The van der Waals surface area contributed by atoms with E-state index in [4.69, 9.17) is 21.3 Å². The van der Waals surface area contributed by atoms with Gasteiger partial charge in [-0.05, 0) is 50.5 Å². The van der Waals surface area contributed by atoms with E-state index in [1.165, 1.54) is 18.5 Å². The molecule has 3 heterocycles. The molecule has 1 saturated carbocycles. The first-order valence-corrected chi connectivity index (χ1v) is 11.7. The Labute approximate surface area is 187 Å². The lowest BCUT2D eigenvalue weighted by molar-refractivity contribution is 0.336. The van der Waals surface area contributed by atoms with E-state index in [9.17, 15) is 0 Å². The number of nitrogens with zero attached hydrogens (tertiary/aromatic N) is 4. The van der Waals surface area contributed by atoms with E-state index in [2.05, 4.69) is 63.9 Å². The Morgan fingerprint density at radius 2 is 2.03 bits per heavy atom. The fraction of sp³-hybridized carbons (Fsp3) is 0.435. The molecule has 1 aliphatic carbocycles. The predicted molar refractivity (Wildman–Crippen MR) is 126 cm³/mol. The molecule has 0 bridgehead atoms. The van der Waals surface area contributed by atoms with Crippen molar-refractivity contribution in [3.63, 3.8) is 0 Å². The zero-order valence-electron chi connectivity index (χ0n) is 17.6. The average molecular weight is 443 g/mol. The largest absolute Gasteiger partial charge is 0.495 e. The Balaban J connectivity index is 1.39. The summed E-state index contributed by atoms with van der Waals surface area (Å²) >= 11 is 8.44. The van der Waals surface area contributed by atoms with E-state index in [0.29, 0.717) is 16.8 Å². The molecule has 2 aromatic heterocycles. The van der Waals surface area contributed by atoms with Crippen LogP contribution in [0.2, 0.25) is 5.02 Å². The molecule has 158 valence electrons. The number of aryl methyl sites for hydroxylation is 1. The third-order valence-electron chi connectivity index (χ3n) is 5.96. The number of benzene rings is 1. The number of rotatable bonds is 5. The molecule has 1 atom stereocenters. The Hall–Kier alpha value is -1.89. The van der Waals surface area contributed by atoms with Crippen LogP contribution in [0, 0.1) is 6.92 Å². The molecular weight excluding hydrogens is 416 g/mol. The second kappa shape index (κ2) is 7.98. The van der Waals surface area contributed by atoms with Gasteiger partial charge in [-0.15, -0.1) is 0 Å². The van der Waals surface area contributed by atoms with Crippen LogP contribution in [0.4, 0.5) is 5.69 Å². The molecule has 30 heavy (non-hydrogen) atoms. The van der Waals surface area contributed by atoms with E-state index in [1.807, 2.05) is 12.1 Å². The molecule has 0 spiro atoms. The van der Waals surface area contributed by atoms with E-state index in [-0.39, 0.29) is 0 Å². The van der Waals surface area contributed by atoms with Gasteiger partial charge in [0.05, 0.1) is 17.8 Å². The van der Waals surface area contributed by atoms with Gasteiger partial charge in [-0.25, -0.2) is 9.29 Å². The van der Waals surface area contributed by atoms with Crippen molar-refractivity contribution < 1.29 is 4.74 Å². The van der Waals surface area contributed by atoms with Gasteiger partial charge in [0.1, 0.15) is 11.4 Å². The summed E-state index contributed by atoms with van der Waals surface area (Å²) < 4.78 is 9.99. The molecular formula is C23H27ClN4OS. The number of anilines is 1. The summed E-state index contributed by atoms with van der Waals surface area (Å²) in [7, 11) is 1.64. The summed E-state index contributed by atoms with van der Waals surface area (Å²) in [5.41, 5.74) is 5.25. The highest BCUT2D eigenvalue weighted by molar-refractivity contribution is 7.97. The molecule has 1 saturated heterocycles. The third-order valence-corrected chi connectivity index (χ3v) is 7.84. The summed E-state index contributed by atoms with van der Waals surface area (Å²) in [4.78, 5) is 7.38. The standard InChI is InChI=1S/C23H27ClN4OS/c1-15-10-22(29-3)20(24)12-19(15)21-14-27-7-6-17(11-23(27)25-21)26-8-9-28(16(2)13-26)30-18-4-5-18/h6-7,10-12,14,16,18H,4-5,8-9,13H2,1-3H3. The van der Waals surface area contributed by atoms with Gasteiger partial charge in [0.25, 0.3) is 0 Å².